The Hall–Kier alpha value is -2.12. The van der Waals surface area contributed by atoms with Crippen molar-refractivity contribution in [3.05, 3.63) is 51.8 Å². The molecule has 0 aliphatic carbocycles. The molecular weight excluding hydrogens is 484 g/mol. The van der Waals surface area contributed by atoms with Gasteiger partial charge in [-0.15, -0.1) is 0 Å². The average molecular weight is 505 g/mol. The third-order valence-corrected chi connectivity index (χ3v) is 6.60. The van der Waals surface area contributed by atoms with Gasteiger partial charge in [0.05, 0.1) is 34.8 Å². The number of nitriles is 1. The van der Waals surface area contributed by atoms with Gasteiger partial charge in [-0.2, -0.15) is 23.5 Å². The van der Waals surface area contributed by atoms with E-state index in [9.17, 15) is 18.4 Å². The fourth-order valence-corrected chi connectivity index (χ4v) is 4.24. The van der Waals surface area contributed by atoms with Gasteiger partial charge in [-0.25, -0.2) is 10.0 Å². The Balaban J connectivity index is 2.16. The fraction of sp³-hybridized carbons (Fsp3) is 0.333. The zero-order valence-electron chi connectivity index (χ0n) is 17.6. The molecule has 11 heteroatoms. The molecule has 32 heavy (non-hydrogen) atoms. The summed E-state index contributed by atoms with van der Waals surface area (Å²) in [7, 11) is -0.817. The Morgan fingerprint density at radius 1 is 1.19 bits per heavy atom. The Morgan fingerprint density at radius 3 is 2.50 bits per heavy atom. The number of H-pyrrole nitrogens is 1. The van der Waals surface area contributed by atoms with Crippen LogP contribution in [0.4, 0.5) is 13.2 Å². The topological polar surface area (TPSA) is 66.6 Å². The summed E-state index contributed by atoms with van der Waals surface area (Å²) in [5.41, 5.74) is -0.0816. The first-order chi connectivity index (χ1) is 14.9. The smallest absolute Gasteiger partial charge is 0.360 e. The van der Waals surface area contributed by atoms with Crippen molar-refractivity contribution in [2.45, 2.75) is 12.9 Å². The van der Waals surface area contributed by atoms with Crippen LogP contribution >= 0.6 is 33.2 Å². The first-order valence-electron chi connectivity index (χ1n) is 9.36. The number of alkyl halides is 3. The van der Waals surface area contributed by atoms with Gasteiger partial charge in [-0.3, -0.25) is 5.10 Å². The maximum atomic E-state index is 13.5. The van der Waals surface area contributed by atoms with E-state index < -0.39 is 21.9 Å². The van der Waals surface area contributed by atoms with Gasteiger partial charge in [-0.05, 0) is 43.0 Å². The predicted molar refractivity (Wildman–Crippen MR) is 123 cm³/mol. The molecule has 1 N–H and O–H groups in total. The van der Waals surface area contributed by atoms with Gasteiger partial charge >= 0.3 is 6.18 Å². The molecule has 0 saturated heterocycles. The van der Waals surface area contributed by atoms with Crippen LogP contribution in [0.3, 0.4) is 0 Å². The number of hydrogen-bond donors (Lipinski definition) is 1. The molecule has 0 amide bonds. The minimum Gasteiger partial charge on any atom is -0.360 e. The van der Waals surface area contributed by atoms with E-state index in [1.54, 1.807) is 12.1 Å². The second-order valence-electron chi connectivity index (χ2n) is 7.94. The van der Waals surface area contributed by atoms with E-state index in [4.69, 9.17) is 27.9 Å². The number of halogens is 5. The van der Waals surface area contributed by atoms with Crippen LogP contribution in [0.2, 0.25) is 10.0 Å². The molecule has 2 heterocycles. The summed E-state index contributed by atoms with van der Waals surface area (Å²) in [6.45, 7) is 0.354. The van der Waals surface area contributed by atoms with E-state index in [1.807, 2.05) is 5.10 Å². The van der Waals surface area contributed by atoms with Crippen LogP contribution in [-0.2, 0) is 17.6 Å². The van der Waals surface area contributed by atoms with Crippen molar-refractivity contribution in [2.24, 2.45) is 0 Å². The van der Waals surface area contributed by atoms with Crippen LogP contribution in [-0.4, -0.2) is 45.9 Å². The standard InChI is InChI=1S/C21H21Cl2F3N4OS/c1-32(2,3)7-6-31-12-30-18(16-11-28-29-20(16)21(24,25)26)8-13(10-27)19(30)15-5-4-14(22)9-17(15)23/h4-5,8-9,11H,6-7,12H2,1-3H3,(H,28,29). The number of benzene rings is 1. The molecule has 0 unspecified atom stereocenters. The Labute approximate surface area is 195 Å². The summed E-state index contributed by atoms with van der Waals surface area (Å²) in [6.07, 6.45) is 2.87. The molecule has 172 valence electrons. The van der Waals surface area contributed by atoms with Crippen LogP contribution in [0.5, 0.6) is 0 Å². The van der Waals surface area contributed by atoms with Gasteiger partial charge in [-0.1, -0.05) is 23.2 Å². The minimum atomic E-state index is -4.65. The van der Waals surface area contributed by atoms with Crippen molar-refractivity contribution in [3.8, 4) is 28.6 Å². The lowest BCUT2D eigenvalue weighted by Crippen LogP contribution is -2.13. The second kappa shape index (κ2) is 9.40. The number of nitrogens with zero attached hydrogens (tertiary/aromatic N) is 3. The fourth-order valence-electron chi connectivity index (χ4n) is 3.12. The highest BCUT2D eigenvalue weighted by molar-refractivity contribution is 8.32. The molecule has 0 aliphatic rings. The van der Waals surface area contributed by atoms with E-state index in [2.05, 4.69) is 29.9 Å². The monoisotopic (exact) mass is 504 g/mol. The van der Waals surface area contributed by atoms with Crippen molar-refractivity contribution < 1.29 is 17.9 Å². The van der Waals surface area contributed by atoms with Gasteiger partial charge in [0.25, 0.3) is 0 Å². The van der Waals surface area contributed by atoms with Crippen LogP contribution in [0.1, 0.15) is 11.3 Å². The van der Waals surface area contributed by atoms with Gasteiger partial charge in [0.15, 0.2) is 0 Å². The highest BCUT2D eigenvalue weighted by Crippen LogP contribution is 2.41. The SMILES string of the molecule is CS(C)(C)CCOCn1c(-c2cn[nH]c2C(F)(F)F)cc(C#N)c1-c1ccc(Cl)cc1Cl. The van der Waals surface area contributed by atoms with Crippen LogP contribution in [0, 0.1) is 11.3 Å². The molecule has 0 radical (unpaired) electrons. The molecule has 0 fully saturated rings. The number of nitrogens with one attached hydrogen (secondary N) is 1. The molecule has 0 atom stereocenters. The predicted octanol–water partition coefficient (Wildman–Crippen LogP) is 6.41. The van der Waals surface area contributed by atoms with Crippen molar-refractivity contribution in [1.29, 1.82) is 5.26 Å². The zero-order valence-corrected chi connectivity index (χ0v) is 19.9. The largest absolute Gasteiger partial charge is 0.433 e. The third-order valence-electron chi connectivity index (χ3n) is 4.66. The number of ether oxygens (including phenoxy) is 1. The Kier molecular flexibility index (Phi) is 7.20. The van der Waals surface area contributed by atoms with E-state index in [1.165, 1.54) is 16.7 Å². The number of aromatic amines is 1. The Bertz CT molecular complexity index is 1160. The van der Waals surface area contributed by atoms with Crippen LogP contribution in [0.25, 0.3) is 22.5 Å². The van der Waals surface area contributed by atoms with Crippen LogP contribution in [0.15, 0.2) is 30.5 Å². The maximum Gasteiger partial charge on any atom is 0.433 e. The summed E-state index contributed by atoms with van der Waals surface area (Å²) in [6, 6.07) is 8.18. The normalized spacial score (nSPS) is 12.7. The zero-order chi connectivity index (χ0) is 23.7. The quantitative estimate of drug-likeness (QED) is 0.378. The van der Waals surface area contributed by atoms with Crippen molar-refractivity contribution in [1.82, 2.24) is 14.8 Å². The first-order valence-corrected chi connectivity index (χ1v) is 13.1. The van der Waals surface area contributed by atoms with Gasteiger partial charge in [0, 0.05) is 21.9 Å². The molecule has 3 aromatic rings. The van der Waals surface area contributed by atoms with E-state index in [-0.39, 0.29) is 28.6 Å². The molecule has 2 aromatic heterocycles. The van der Waals surface area contributed by atoms with Gasteiger partial charge in [0.2, 0.25) is 0 Å². The summed E-state index contributed by atoms with van der Waals surface area (Å²) in [5, 5.41) is 16.0. The summed E-state index contributed by atoms with van der Waals surface area (Å²) in [5.74, 6) is 0.825. The van der Waals surface area contributed by atoms with Crippen molar-refractivity contribution in [2.75, 3.05) is 31.1 Å². The average Bonchev–Trinajstić information content (AvgIpc) is 3.29. The lowest BCUT2D eigenvalue weighted by atomic mass is 10.1. The lowest BCUT2D eigenvalue weighted by Gasteiger charge is -2.25. The Morgan fingerprint density at radius 2 is 1.91 bits per heavy atom. The highest BCUT2D eigenvalue weighted by Gasteiger charge is 2.37. The first kappa shape index (κ1) is 24.5. The van der Waals surface area contributed by atoms with Gasteiger partial charge in [0.1, 0.15) is 18.5 Å². The molecule has 0 aliphatic heterocycles. The van der Waals surface area contributed by atoms with Crippen LogP contribution < -0.4 is 0 Å². The minimum absolute atomic E-state index is 0.0662. The summed E-state index contributed by atoms with van der Waals surface area (Å²) < 4.78 is 48.0. The number of aromatic nitrogens is 3. The molecule has 0 saturated carbocycles. The number of hydrogen-bond acceptors (Lipinski definition) is 3. The summed E-state index contributed by atoms with van der Waals surface area (Å²) in [4.78, 5) is 0. The molecule has 5 nitrogen and oxygen atoms in total. The van der Waals surface area contributed by atoms with E-state index >= 15 is 0 Å². The van der Waals surface area contributed by atoms with Gasteiger partial charge < -0.3 is 9.30 Å². The number of rotatable bonds is 7. The molecule has 1 aromatic carbocycles. The van der Waals surface area contributed by atoms with Crippen molar-refractivity contribution >= 4 is 33.2 Å². The summed E-state index contributed by atoms with van der Waals surface area (Å²) >= 11 is 12.4. The van der Waals surface area contributed by atoms with E-state index in [0.29, 0.717) is 22.9 Å². The maximum absolute atomic E-state index is 13.5. The molecule has 0 bridgehead atoms. The highest BCUT2D eigenvalue weighted by atomic mass is 35.5. The second-order valence-corrected chi connectivity index (χ2v) is 13.4. The third kappa shape index (κ3) is 5.44. The lowest BCUT2D eigenvalue weighted by molar-refractivity contribution is -0.140. The molecule has 3 rings (SSSR count). The van der Waals surface area contributed by atoms with E-state index in [0.717, 1.165) is 11.9 Å². The molecular formula is C21H21Cl2F3N4OS. The van der Waals surface area contributed by atoms with Crippen molar-refractivity contribution in [3.63, 3.8) is 0 Å². The molecule has 0 spiro atoms.